The normalized spacial score (nSPS) is 10.4. The first kappa shape index (κ1) is 18.2. The number of hydrogen-bond donors (Lipinski definition) is 1. The number of hydrogen-bond acceptors (Lipinski definition) is 1. The standard InChI is InChI=1S/C16H25BrO2/c17-15-13-11-9-7-5-3-1-2-4-6-8-10-12-14-16(18)19/h13,15H,1-5,7,9-12,14H2,(H,18,19). The van der Waals surface area contributed by atoms with Crippen molar-refractivity contribution in [2.24, 2.45) is 0 Å². The second-order valence-electron chi connectivity index (χ2n) is 4.62. The number of carboxylic acid groups (broad SMARTS) is 1. The summed E-state index contributed by atoms with van der Waals surface area (Å²) in [6, 6.07) is 0. The predicted molar refractivity (Wildman–Crippen MR) is 84.3 cm³/mol. The molecule has 0 spiro atoms. The van der Waals surface area contributed by atoms with E-state index in [4.69, 9.17) is 5.11 Å². The van der Waals surface area contributed by atoms with Crippen LogP contribution in [0.25, 0.3) is 0 Å². The molecule has 0 aliphatic rings. The molecule has 3 heteroatoms. The van der Waals surface area contributed by atoms with Crippen molar-refractivity contribution >= 4 is 21.9 Å². The Morgan fingerprint density at radius 1 is 0.947 bits per heavy atom. The lowest BCUT2D eigenvalue weighted by atomic mass is 10.1. The summed E-state index contributed by atoms with van der Waals surface area (Å²) >= 11 is 3.27. The van der Waals surface area contributed by atoms with Crippen molar-refractivity contribution in [3.05, 3.63) is 11.1 Å². The second kappa shape index (κ2) is 15.3. The summed E-state index contributed by atoms with van der Waals surface area (Å²) in [5.74, 6) is 5.43. The van der Waals surface area contributed by atoms with Crippen molar-refractivity contribution in [2.75, 3.05) is 0 Å². The summed E-state index contributed by atoms with van der Waals surface area (Å²) in [4.78, 5) is 12.2. The summed E-state index contributed by atoms with van der Waals surface area (Å²) in [5, 5.41) is 8.45. The van der Waals surface area contributed by atoms with E-state index in [2.05, 4.69) is 33.8 Å². The van der Waals surface area contributed by atoms with E-state index in [-0.39, 0.29) is 6.42 Å². The van der Waals surface area contributed by atoms with Crippen molar-refractivity contribution in [3.8, 4) is 11.8 Å². The summed E-state index contributed by atoms with van der Waals surface area (Å²) in [7, 11) is 0. The van der Waals surface area contributed by atoms with Crippen molar-refractivity contribution in [3.63, 3.8) is 0 Å². The Morgan fingerprint density at radius 2 is 1.53 bits per heavy atom. The van der Waals surface area contributed by atoms with Gasteiger partial charge in [0.1, 0.15) is 0 Å². The van der Waals surface area contributed by atoms with Gasteiger partial charge < -0.3 is 5.11 Å². The topological polar surface area (TPSA) is 37.3 Å². The molecule has 0 rings (SSSR count). The molecule has 0 unspecified atom stereocenters. The number of carboxylic acids is 1. The van der Waals surface area contributed by atoms with Crippen molar-refractivity contribution in [1.29, 1.82) is 0 Å². The van der Waals surface area contributed by atoms with E-state index in [0.29, 0.717) is 12.8 Å². The largest absolute Gasteiger partial charge is 0.481 e. The van der Waals surface area contributed by atoms with E-state index in [1.165, 1.54) is 44.9 Å². The smallest absolute Gasteiger partial charge is 0.303 e. The van der Waals surface area contributed by atoms with Crippen LogP contribution in [0.4, 0.5) is 0 Å². The fourth-order valence-corrected chi connectivity index (χ4v) is 2.01. The maximum absolute atomic E-state index is 10.3. The number of rotatable bonds is 11. The molecule has 0 aromatic rings. The van der Waals surface area contributed by atoms with E-state index in [0.717, 1.165) is 6.42 Å². The van der Waals surface area contributed by atoms with Gasteiger partial charge in [-0.25, -0.2) is 0 Å². The molecule has 0 aliphatic carbocycles. The summed E-state index contributed by atoms with van der Waals surface area (Å²) < 4.78 is 0. The monoisotopic (exact) mass is 328 g/mol. The van der Waals surface area contributed by atoms with E-state index < -0.39 is 5.97 Å². The first-order valence-electron chi connectivity index (χ1n) is 7.20. The van der Waals surface area contributed by atoms with Crippen LogP contribution in [0.5, 0.6) is 0 Å². The molecule has 0 saturated heterocycles. The van der Waals surface area contributed by atoms with Gasteiger partial charge in [-0.2, -0.15) is 0 Å². The van der Waals surface area contributed by atoms with Crippen molar-refractivity contribution < 1.29 is 9.90 Å². The fourth-order valence-electron chi connectivity index (χ4n) is 1.75. The van der Waals surface area contributed by atoms with Crippen LogP contribution < -0.4 is 0 Å². The van der Waals surface area contributed by atoms with Gasteiger partial charge in [-0.05, 0) is 30.7 Å². The Labute approximate surface area is 125 Å². The lowest BCUT2D eigenvalue weighted by Crippen LogP contribution is -1.92. The van der Waals surface area contributed by atoms with Gasteiger partial charge in [-0.3, -0.25) is 4.79 Å². The lowest BCUT2D eigenvalue weighted by Gasteiger charge is -1.98. The van der Waals surface area contributed by atoms with Gasteiger partial charge in [0, 0.05) is 19.3 Å². The van der Waals surface area contributed by atoms with Gasteiger partial charge in [0.2, 0.25) is 0 Å². The summed E-state index contributed by atoms with van der Waals surface area (Å²) in [5.41, 5.74) is 0. The Hall–Kier alpha value is -0.750. The van der Waals surface area contributed by atoms with Gasteiger partial charge in [0.15, 0.2) is 0 Å². The molecule has 0 fully saturated rings. The van der Waals surface area contributed by atoms with Crippen LogP contribution in [-0.4, -0.2) is 11.1 Å². The van der Waals surface area contributed by atoms with Crippen molar-refractivity contribution in [1.82, 2.24) is 0 Å². The van der Waals surface area contributed by atoms with E-state index in [1.807, 2.05) is 4.99 Å². The number of halogens is 1. The highest BCUT2D eigenvalue weighted by Gasteiger charge is 1.93. The quantitative estimate of drug-likeness (QED) is 0.414. The molecular weight excluding hydrogens is 304 g/mol. The van der Waals surface area contributed by atoms with Crippen LogP contribution in [0.15, 0.2) is 11.1 Å². The highest BCUT2D eigenvalue weighted by Crippen LogP contribution is 2.08. The molecule has 108 valence electrons. The fraction of sp³-hybridized carbons (Fsp3) is 0.688. The van der Waals surface area contributed by atoms with Crippen molar-refractivity contribution in [2.45, 2.75) is 70.6 Å². The van der Waals surface area contributed by atoms with Crippen LogP contribution in [0.3, 0.4) is 0 Å². The molecule has 0 aromatic carbocycles. The number of carbonyl (C=O) groups is 1. The van der Waals surface area contributed by atoms with Crippen LogP contribution >= 0.6 is 15.9 Å². The van der Waals surface area contributed by atoms with E-state index >= 15 is 0 Å². The SMILES string of the molecule is O=C(O)CCCC#CCCCCCCCCC=CBr. The average Bonchev–Trinajstić information content (AvgIpc) is 2.39. The summed E-state index contributed by atoms with van der Waals surface area (Å²) in [6.45, 7) is 0. The zero-order valence-corrected chi connectivity index (χ0v) is 13.3. The van der Waals surface area contributed by atoms with Crippen LogP contribution in [-0.2, 0) is 4.79 Å². The molecule has 2 nitrogen and oxygen atoms in total. The molecule has 0 heterocycles. The Balaban J connectivity index is 3.14. The molecule has 1 N–H and O–H groups in total. The number of unbranched alkanes of at least 4 members (excludes halogenated alkanes) is 8. The second-order valence-corrected chi connectivity index (χ2v) is 5.15. The highest BCUT2D eigenvalue weighted by atomic mass is 79.9. The average molecular weight is 329 g/mol. The predicted octanol–water partition coefficient (Wildman–Crippen LogP) is 5.27. The maximum atomic E-state index is 10.3. The molecule has 19 heavy (non-hydrogen) atoms. The molecule has 0 radical (unpaired) electrons. The van der Waals surface area contributed by atoms with Crippen LogP contribution in [0.1, 0.15) is 70.6 Å². The zero-order chi connectivity index (χ0) is 14.2. The van der Waals surface area contributed by atoms with Crippen LogP contribution in [0, 0.1) is 11.8 Å². The molecule has 0 atom stereocenters. The minimum absolute atomic E-state index is 0.235. The molecule has 0 aromatic heterocycles. The summed E-state index contributed by atoms with van der Waals surface area (Å²) in [6.07, 6.45) is 13.6. The Kier molecular flexibility index (Phi) is 14.7. The minimum atomic E-state index is -0.728. The van der Waals surface area contributed by atoms with Gasteiger partial charge in [0.25, 0.3) is 0 Å². The highest BCUT2D eigenvalue weighted by molar-refractivity contribution is 9.11. The third kappa shape index (κ3) is 17.2. The van der Waals surface area contributed by atoms with Crippen LogP contribution in [0.2, 0.25) is 0 Å². The number of allylic oxidation sites excluding steroid dienone is 1. The maximum Gasteiger partial charge on any atom is 0.303 e. The molecule has 0 bridgehead atoms. The van der Waals surface area contributed by atoms with Gasteiger partial charge in [-0.15, -0.1) is 11.8 Å². The molecular formula is C16H25BrO2. The third-order valence-corrected chi connectivity index (χ3v) is 3.20. The van der Waals surface area contributed by atoms with Gasteiger partial charge in [0.05, 0.1) is 0 Å². The van der Waals surface area contributed by atoms with Gasteiger partial charge in [-0.1, -0.05) is 47.7 Å². The molecule has 0 saturated carbocycles. The first-order chi connectivity index (χ1) is 9.27. The van der Waals surface area contributed by atoms with E-state index in [9.17, 15) is 4.79 Å². The zero-order valence-electron chi connectivity index (χ0n) is 11.7. The Bertz CT molecular complexity index is 300. The lowest BCUT2D eigenvalue weighted by molar-refractivity contribution is -0.137. The number of aliphatic carboxylic acids is 1. The first-order valence-corrected chi connectivity index (χ1v) is 8.11. The Morgan fingerprint density at radius 3 is 2.16 bits per heavy atom. The molecule has 0 amide bonds. The van der Waals surface area contributed by atoms with E-state index in [1.54, 1.807) is 0 Å². The third-order valence-electron chi connectivity index (χ3n) is 2.83. The molecule has 0 aliphatic heterocycles. The van der Waals surface area contributed by atoms with Gasteiger partial charge >= 0.3 is 5.97 Å². The minimum Gasteiger partial charge on any atom is -0.481 e.